The Morgan fingerprint density at radius 2 is 2.31 bits per heavy atom. The van der Waals surface area contributed by atoms with Crippen LogP contribution < -0.4 is 4.67 Å². The van der Waals surface area contributed by atoms with Crippen molar-refractivity contribution >= 4 is 14.0 Å². The van der Waals surface area contributed by atoms with Crippen molar-refractivity contribution in [3.8, 4) is 0 Å². The third-order valence-corrected chi connectivity index (χ3v) is 4.43. The van der Waals surface area contributed by atoms with E-state index in [-0.39, 0.29) is 8.30 Å². The van der Waals surface area contributed by atoms with Crippen molar-refractivity contribution in [3.63, 3.8) is 0 Å². The third-order valence-electron chi connectivity index (χ3n) is 2.85. The van der Waals surface area contributed by atoms with Crippen molar-refractivity contribution in [3.05, 3.63) is 29.8 Å². The second kappa shape index (κ2) is 2.70. The van der Waals surface area contributed by atoms with Crippen LogP contribution in [0.25, 0.3) is 0 Å². The van der Waals surface area contributed by atoms with Gasteiger partial charge >= 0.3 is 0 Å². The largest absolute Gasteiger partial charge is 0.338 e. The molecule has 0 aromatic heterocycles. The van der Waals surface area contributed by atoms with Crippen LogP contribution in [-0.2, 0) is 4.52 Å². The lowest BCUT2D eigenvalue weighted by molar-refractivity contribution is 0.310. The normalized spacial score (nSPS) is 30.4. The van der Waals surface area contributed by atoms with E-state index < -0.39 is 0 Å². The molecule has 3 heteroatoms. The van der Waals surface area contributed by atoms with Gasteiger partial charge < -0.3 is 9.19 Å². The number of rotatable bonds is 0. The molecule has 1 saturated heterocycles. The van der Waals surface area contributed by atoms with Gasteiger partial charge in [-0.3, -0.25) is 0 Å². The Bertz CT molecular complexity index is 341. The number of nitrogens with zero attached hydrogens (tertiary/aromatic N) is 1. The Morgan fingerprint density at radius 3 is 3.23 bits per heavy atom. The summed E-state index contributed by atoms with van der Waals surface area (Å²) in [6.45, 7) is 4.27. The molecule has 2 heterocycles. The molecule has 0 saturated carbocycles. The molecule has 0 spiro atoms. The predicted molar refractivity (Wildman–Crippen MR) is 55.3 cm³/mol. The highest BCUT2D eigenvalue weighted by Crippen LogP contribution is 2.54. The van der Waals surface area contributed by atoms with Crippen LogP contribution in [0.4, 0.5) is 5.69 Å². The van der Waals surface area contributed by atoms with Gasteiger partial charge in [-0.1, -0.05) is 18.2 Å². The van der Waals surface area contributed by atoms with Gasteiger partial charge in [0.25, 0.3) is 0 Å². The first kappa shape index (κ1) is 7.78. The van der Waals surface area contributed by atoms with Gasteiger partial charge in [-0.15, -0.1) is 0 Å². The molecular weight excluding hydrogens is 181 g/mol. The molecule has 0 amide bonds. The maximum atomic E-state index is 5.74. The van der Waals surface area contributed by atoms with Gasteiger partial charge in [-0.2, -0.15) is 0 Å². The number of anilines is 1. The van der Waals surface area contributed by atoms with E-state index in [1.54, 1.807) is 0 Å². The molecule has 68 valence electrons. The highest BCUT2D eigenvalue weighted by Gasteiger charge is 2.36. The Morgan fingerprint density at radius 1 is 1.46 bits per heavy atom. The second-order valence-corrected chi connectivity index (χ2v) is 5.27. The Hall–Kier alpha value is -0.590. The summed E-state index contributed by atoms with van der Waals surface area (Å²) in [4.78, 5) is 0. The maximum Gasteiger partial charge on any atom is 0.129 e. The fraction of sp³-hybridized carbons (Fsp3) is 0.400. The highest BCUT2D eigenvalue weighted by atomic mass is 31.2. The lowest BCUT2D eigenvalue weighted by atomic mass is 10.0. The average molecular weight is 193 g/mol. The summed E-state index contributed by atoms with van der Waals surface area (Å²) in [6, 6.07) is 8.68. The molecule has 1 unspecified atom stereocenters. The zero-order chi connectivity index (χ0) is 8.84. The lowest BCUT2D eigenvalue weighted by Crippen LogP contribution is -2.24. The maximum absolute atomic E-state index is 5.74. The van der Waals surface area contributed by atoms with Crippen LogP contribution in [0.5, 0.6) is 0 Å². The molecule has 0 radical (unpaired) electrons. The summed E-state index contributed by atoms with van der Waals surface area (Å²) in [5.74, 6) is 0.620. The summed E-state index contributed by atoms with van der Waals surface area (Å²) in [6.07, 6.45) is 0. The minimum Gasteiger partial charge on any atom is -0.338 e. The third kappa shape index (κ3) is 1.02. The molecule has 2 aliphatic heterocycles. The summed E-state index contributed by atoms with van der Waals surface area (Å²) >= 11 is 0. The molecule has 13 heavy (non-hydrogen) atoms. The second-order valence-electron chi connectivity index (χ2n) is 3.60. The predicted octanol–water partition coefficient (Wildman–Crippen LogP) is 2.56. The number of hydrogen-bond donors (Lipinski definition) is 0. The van der Waals surface area contributed by atoms with Crippen LogP contribution in [0, 0.1) is 0 Å². The Balaban J connectivity index is 2.13. The topological polar surface area (TPSA) is 12.5 Å². The number of para-hydroxylation sites is 1. The zero-order valence-corrected chi connectivity index (χ0v) is 8.50. The molecule has 1 aromatic carbocycles. The van der Waals surface area contributed by atoms with Crippen LogP contribution in [0.1, 0.15) is 11.5 Å². The summed E-state index contributed by atoms with van der Waals surface area (Å²) in [5.41, 5.74) is 2.88. The summed E-state index contributed by atoms with van der Waals surface area (Å²) < 4.78 is 8.15. The molecule has 1 aromatic rings. The van der Waals surface area contributed by atoms with E-state index in [9.17, 15) is 0 Å². The minimum atomic E-state index is -0.367. The van der Waals surface area contributed by atoms with Crippen molar-refractivity contribution in [2.75, 3.05) is 24.5 Å². The smallest absolute Gasteiger partial charge is 0.129 e. The molecule has 3 rings (SSSR count). The first-order chi connectivity index (χ1) is 6.36. The molecule has 2 aliphatic rings. The van der Waals surface area contributed by atoms with Crippen molar-refractivity contribution in [1.29, 1.82) is 0 Å². The van der Waals surface area contributed by atoms with E-state index >= 15 is 0 Å². The Labute approximate surface area is 79.4 Å². The Kier molecular flexibility index (Phi) is 1.61. The minimum absolute atomic E-state index is 0.367. The van der Waals surface area contributed by atoms with E-state index in [2.05, 4.69) is 35.6 Å². The highest BCUT2D eigenvalue weighted by molar-refractivity contribution is 7.53. The monoisotopic (exact) mass is 193 g/mol. The fourth-order valence-corrected chi connectivity index (χ4v) is 3.60. The molecule has 2 bridgehead atoms. The first-order valence-corrected chi connectivity index (χ1v) is 6.25. The van der Waals surface area contributed by atoms with E-state index in [1.165, 1.54) is 17.8 Å². The van der Waals surface area contributed by atoms with Gasteiger partial charge in [0.15, 0.2) is 0 Å². The number of benzene rings is 1. The van der Waals surface area contributed by atoms with E-state index in [0.717, 1.165) is 6.61 Å². The van der Waals surface area contributed by atoms with Gasteiger partial charge in [-0.05, 0) is 18.3 Å². The summed E-state index contributed by atoms with van der Waals surface area (Å²) in [5, 5.41) is 0. The van der Waals surface area contributed by atoms with E-state index in [4.69, 9.17) is 4.52 Å². The molecule has 0 N–H and O–H groups in total. The van der Waals surface area contributed by atoms with Crippen molar-refractivity contribution < 1.29 is 4.52 Å². The van der Waals surface area contributed by atoms with Crippen LogP contribution in [-0.4, -0.2) is 19.8 Å². The molecule has 1 fully saturated rings. The van der Waals surface area contributed by atoms with Crippen LogP contribution in [0.2, 0.25) is 0 Å². The van der Waals surface area contributed by atoms with Gasteiger partial charge in [0.1, 0.15) is 8.30 Å². The molecule has 2 atom stereocenters. The van der Waals surface area contributed by atoms with Crippen molar-refractivity contribution in [2.45, 2.75) is 5.92 Å². The van der Waals surface area contributed by atoms with Gasteiger partial charge in [0, 0.05) is 18.2 Å². The van der Waals surface area contributed by atoms with Crippen molar-refractivity contribution in [1.82, 2.24) is 0 Å². The van der Waals surface area contributed by atoms with Crippen LogP contribution >= 0.6 is 8.30 Å². The molecule has 0 aliphatic carbocycles. The molecular formula is C10H12NOP. The van der Waals surface area contributed by atoms with Gasteiger partial charge in [-0.25, -0.2) is 0 Å². The number of hydrogen-bond acceptors (Lipinski definition) is 2. The lowest BCUT2D eigenvalue weighted by Gasteiger charge is -2.30. The van der Waals surface area contributed by atoms with E-state index in [0.29, 0.717) is 5.92 Å². The number of fused-ring (bicyclic) bond motifs is 5. The fourth-order valence-electron chi connectivity index (χ4n) is 2.15. The van der Waals surface area contributed by atoms with Gasteiger partial charge in [0.05, 0.1) is 6.61 Å². The zero-order valence-electron chi connectivity index (χ0n) is 7.60. The summed E-state index contributed by atoms with van der Waals surface area (Å²) in [7, 11) is -0.367. The van der Waals surface area contributed by atoms with Crippen LogP contribution in [0.15, 0.2) is 24.3 Å². The van der Waals surface area contributed by atoms with E-state index in [1.807, 2.05) is 0 Å². The van der Waals surface area contributed by atoms with Gasteiger partial charge in [0.2, 0.25) is 0 Å². The first-order valence-electron chi connectivity index (χ1n) is 4.59. The average Bonchev–Trinajstić information content (AvgIpc) is 2.48. The standard InChI is InChI=1S/C10H12NOP/c1-13-11-6-8(7-12-13)9-4-2-3-5-10(9)11/h2-5,8H,6-7H2,1H3/t8-,13?/m1/s1. The SMILES string of the molecule is CP1OC[C@H]2CN1c1ccccc12. The quantitative estimate of drug-likeness (QED) is 0.587. The molecule has 2 nitrogen and oxygen atoms in total. The van der Waals surface area contributed by atoms with Crippen LogP contribution in [0.3, 0.4) is 0 Å². The van der Waals surface area contributed by atoms with Crippen molar-refractivity contribution in [2.24, 2.45) is 0 Å².